The molecule has 1 aliphatic heterocycles. The average molecular weight is 345 g/mol. The lowest BCUT2D eigenvalue weighted by molar-refractivity contribution is 0.0720. The lowest BCUT2D eigenvalue weighted by atomic mass is 10.0. The number of hydrogen-bond acceptors (Lipinski definition) is 4. The molecule has 1 atom stereocenters. The van der Waals surface area contributed by atoms with Gasteiger partial charge in [0.15, 0.2) is 11.5 Å². The lowest BCUT2D eigenvalue weighted by Gasteiger charge is -2.06. The first-order valence-electron chi connectivity index (χ1n) is 7.15. The number of carbonyl (C=O) groups excluding carboxylic acids is 1. The van der Waals surface area contributed by atoms with E-state index < -0.39 is 0 Å². The van der Waals surface area contributed by atoms with E-state index in [-0.39, 0.29) is 11.9 Å². The molecule has 0 aliphatic carbocycles. The first kappa shape index (κ1) is 15.7. The number of hydrogen-bond donors (Lipinski definition) is 0. The van der Waals surface area contributed by atoms with Crippen molar-refractivity contribution in [2.24, 2.45) is 5.16 Å². The third-order valence-corrected chi connectivity index (χ3v) is 4.88. The van der Waals surface area contributed by atoms with E-state index in [0.717, 1.165) is 11.3 Å². The van der Waals surface area contributed by atoms with Gasteiger partial charge in [0.1, 0.15) is 6.10 Å². The standard InChI is InChI=1S/C17H13ClN2O2S/c1-19-12-4-2-11(3-5-12)14-10-13(22-20-14)6-7-15(21)16-8-9-17(18)23-16/h2-5,8-9,13H,6-7,10H2. The first-order chi connectivity index (χ1) is 11.2. The highest BCUT2D eigenvalue weighted by Gasteiger charge is 2.23. The Morgan fingerprint density at radius 1 is 1.35 bits per heavy atom. The van der Waals surface area contributed by atoms with Gasteiger partial charge in [-0.1, -0.05) is 41.0 Å². The number of rotatable bonds is 5. The summed E-state index contributed by atoms with van der Waals surface area (Å²) in [4.78, 5) is 21.5. The van der Waals surface area contributed by atoms with Gasteiger partial charge in [0.05, 0.1) is 21.5 Å². The van der Waals surface area contributed by atoms with Gasteiger partial charge in [-0.15, -0.1) is 11.3 Å². The van der Waals surface area contributed by atoms with Crippen molar-refractivity contribution >= 4 is 40.1 Å². The van der Waals surface area contributed by atoms with E-state index in [1.807, 2.05) is 12.1 Å². The Hall–Kier alpha value is -2.16. The zero-order chi connectivity index (χ0) is 16.2. The highest BCUT2D eigenvalue weighted by atomic mass is 35.5. The Morgan fingerprint density at radius 3 is 2.78 bits per heavy atom. The molecule has 0 saturated carbocycles. The van der Waals surface area contributed by atoms with Gasteiger partial charge in [0, 0.05) is 12.8 Å². The zero-order valence-corrected chi connectivity index (χ0v) is 13.7. The molecule has 2 heterocycles. The number of halogens is 1. The van der Waals surface area contributed by atoms with Gasteiger partial charge < -0.3 is 4.84 Å². The molecule has 1 aliphatic rings. The summed E-state index contributed by atoms with van der Waals surface area (Å²) in [6.07, 6.45) is 1.64. The van der Waals surface area contributed by atoms with Crippen molar-refractivity contribution in [2.75, 3.05) is 0 Å². The average Bonchev–Trinajstić information content (AvgIpc) is 3.22. The van der Waals surface area contributed by atoms with Gasteiger partial charge in [-0.2, -0.15) is 0 Å². The maximum Gasteiger partial charge on any atom is 0.187 e. The summed E-state index contributed by atoms with van der Waals surface area (Å²) < 4.78 is 0.624. The number of Topliss-reactive ketones (excluding diaryl/α,β-unsaturated/α-hetero) is 1. The largest absolute Gasteiger partial charge is 0.392 e. The maximum absolute atomic E-state index is 12.1. The Bertz CT molecular complexity index is 790. The molecular formula is C17H13ClN2O2S. The maximum atomic E-state index is 12.1. The number of oxime groups is 1. The molecule has 1 aromatic carbocycles. The number of nitrogens with zero attached hydrogens (tertiary/aromatic N) is 2. The van der Waals surface area contributed by atoms with Crippen LogP contribution in [0, 0.1) is 6.57 Å². The minimum absolute atomic E-state index is 0.0788. The van der Waals surface area contributed by atoms with Gasteiger partial charge in [0.2, 0.25) is 0 Å². The number of thiophene rings is 1. The molecule has 4 nitrogen and oxygen atoms in total. The normalized spacial score (nSPS) is 16.5. The summed E-state index contributed by atoms with van der Waals surface area (Å²) >= 11 is 7.15. The van der Waals surface area contributed by atoms with E-state index in [2.05, 4.69) is 10.0 Å². The van der Waals surface area contributed by atoms with Crippen LogP contribution in [0.3, 0.4) is 0 Å². The van der Waals surface area contributed by atoms with E-state index in [9.17, 15) is 4.79 Å². The Morgan fingerprint density at radius 2 is 2.13 bits per heavy atom. The molecule has 0 N–H and O–H groups in total. The SMILES string of the molecule is [C-]#[N+]c1ccc(C2=NOC(CCC(=O)c3ccc(Cl)s3)C2)cc1. The van der Waals surface area contributed by atoms with Crippen LogP contribution >= 0.6 is 22.9 Å². The van der Waals surface area contributed by atoms with E-state index in [1.165, 1.54) is 11.3 Å². The second-order valence-electron chi connectivity index (χ2n) is 5.19. The van der Waals surface area contributed by atoms with Crippen LogP contribution in [0.5, 0.6) is 0 Å². The quantitative estimate of drug-likeness (QED) is 0.559. The van der Waals surface area contributed by atoms with Crippen molar-refractivity contribution in [1.29, 1.82) is 0 Å². The van der Waals surface area contributed by atoms with Crippen molar-refractivity contribution in [3.8, 4) is 0 Å². The van der Waals surface area contributed by atoms with Crippen LogP contribution < -0.4 is 0 Å². The third kappa shape index (κ3) is 3.79. The zero-order valence-electron chi connectivity index (χ0n) is 12.2. The molecule has 0 saturated heterocycles. The summed E-state index contributed by atoms with van der Waals surface area (Å²) in [6.45, 7) is 6.95. The summed E-state index contributed by atoms with van der Waals surface area (Å²) in [5.74, 6) is 0.0837. The topological polar surface area (TPSA) is 43.0 Å². The number of carbonyl (C=O) groups is 1. The molecule has 2 aromatic rings. The predicted octanol–water partition coefficient (Wildman–Crippen LogP) is 5.11. The second-order valence-corrected chi connectivity index (χ2v) is 6.91. The van der Waals surface area contributed by atoms with Crippen LogP contribution in [0.15, 0.2) is 41.6 Å². The van der Waals surface area contributed by atoms with Gasteiger partial charge in [-0.3, -0.25) is 4.79 Å². The highest BCUT2D eigenvalue weighted by molar-refractivity contribution is 7.18. The third-order valence-electron chi connectivity index (χ3n) is 3.60. The fourth-order valence-electron chi connectivity index (χ4n) is 2.36. The van der Waals surface area contributed by atoms with Crippen LogP contribution in [0.25, 0.3) is 4.85 Å². The van der Waals surface area contributed by atoms with Crippen LogP contribution in [-0.4, -0.2) is 17.6 Å². The van der Waals surface area contributed by atoms with Gasteiger partial charge in [-0.05, 0) is 24.1 Å². The molecule has 23 heavy (non-hydrogen) atoms. The first-order valence-corrected chi connectivity index (χ1v) is 8.34. The van der Waals surface area contributed by atoms with Gasteiger partial charge in [0.25, 0.3) is 0 Å². The molecule has 1 aromatic heterocycles. The van der Waals surface area contributed by atoms with Crippen molar-refractivity contribution < 1.29 is 9.63 Å². The van der Waals surface area contributed by atoms with E-state index in [0.29, 0.717) is 34.2 Å². The molecule has 6 heteroatoms. The molecule has 0 spiro atoms. The van der Waals surface area contributed by atoms with E-state index in [1.54, 1.807) is 24.3 Å². The Kier molecular flexibility index (Phi) is 4.75. The summed E-state index contributed by atoms with van der Waals surface area (Å²) in [6, 6.07) is 10.8. The predicted molar refractivity (Wildman–Crippen MR) is 91.6 cm³/mol. The Balaban J connectivity index is 1.53. The smallest absolute Gasteiger partial charge is 0.187 e. The molecule has 0 bridgehead atoms. The monoisotopic (exact) mass is 344 g/mol. The summed E-state index contributed by atoms with van der Waals surface area (Å²) in [7, 11) is 0. The minimum Gasteiger partial charge on any atom is -0.392 e. The van der Waals surface area contributed by atoms with Gasteiger partial charge in [-0.25, -0.2) is 4.85 Å². The molecule has 0 fully saturated rings. The number of benzene rings is 1. The van der Waals surface area contributed by atoms with Gasteiger partial charge >= 0.3 is 0 Å². The van der Waals surface area contributed by atoms with Crippen LogP contribution in [0.2, 0.25) is 4.34 Å². The molecule has 0 amide bonds. The van der Waals surface area contributed by atoms with Crippen LogP contribution in [0.1, 0.15) is 34.5 Å². The van der Waals surface area contributed by atoms with Crippen molar-refractivity contribution in [3.63, 3.8) is 0 Å². The lowest BCUT2D eigenvalue weighted by Crippen LogP contribution is -2.10. The van der Waals surface area contributed by atoms with Crippen molar-refractivity contribution in [3.05, 3.63) is 62.6 Å². The fraction of sp³-hybridized carbons (Fsp3) is 0.235. The molecular weight excluding hydrogens is 332 g/mol. The second kappa shape index (κ2) is 6.95. The number of ketones is 1. The molecule has 116 valence electrons. The Labute approximate surface area is 143 Å². The van der Waals surface area contributed by atoms with Crippen LogP contribution in [-0.2, 0) is 4.84 Å². The van der Waals surface area contributed by atoms with E-state index in [4.69, 9.17) is 23.0 Å². The fourth-order valence-corrected chi connectivity index (χ4v) is 3.37. The van der Waals surface area contributed by atoms with E-state index >= 15 is 0 Å². The van der Waals surface area contributed by atoms with Crippen molar-refractivity contribution in [1.82, 2.24) is 0 Å². The summed E-state index contributed by atoms with van der Waals surface area (Å²) in [5, 5.41) is 4.11. The van der Waals surface area contributed by atoms with Crippen molar-refractivity contribution in [2.45, 2.75) is 25.4 Å². The summed E-state index contributed by atoms with van der Waals surface area (Å²) in [5.41, 5.74) is 2.42. The minimum atomic E-state index is -0.0788. The van der Waals surface area contributed by atoms with Crippen LogP contribution in [0.4, 0.5) is 5.69 Å². The molecule has 0 radical (unpaired) electrons. The molecule has 3 rings (SSSR count). The highest BCUT2D eigenvalue weighted by Crippen LogP contribution is 2.25. The molecule has 1 unspecified atom stereocenters.